The molecule has 0 aliphatic carbocycles. The third-order valence-corrected chi connectivity index (χ3v) is 7.71. The van der Waals surface area contributed by atoms with Gasteiger partial charge in [-0.15, -0.1) is 0 Å². The van der Waals surface area contributed by atoms with Crippen molar-refractivity contribution in [3.63, 3.8) is 0 Å². The fraction of sp³-hybridized carbons (Fsp3) is 0.381. The molecule has 2 fully saturated rings. The second-order valence-corrected chi connectivity index (χ2v) is 9.30. The fourth-order valence-corrected chi connectivity index (χ4v) is 6.52. The number of carbonyl (C=O) groups excluding carboxylic acids is 1. The van der Waals surface area contributed by atoms with Gasteiger partial charge in [0.2, 0.25) is 5.91 Å². The minimum Gasteiger partial charge on any atom is -0.323 e. The number of hydrogen-bond donors (Lipinski definition) is 3. The van der Waals surface area contributed by atoms with Crippen LogP contribution >= 0.6 is 7.60 Å². The second-order valence-electron chi connectivity index (χ2n) is 7.53. The minimum absolute atomic E-state index is 0.219. The van der Waals surface area contributed by atoms with Crippen LogP contribution in [0.5, 0.6) is 0 Å². The molecule has 2 aliphatic heterocycles. The molecule has 2 heterocycles. The Hall–Kier alpha value is -1.98. The molecule has 0 saturated carbocycles. The highest BCUT2D eigenvalue weighted by Gasteiger charge is 2.63. The first-order chi connectivity index (χ1) is 13.5. The van der Waals surface area contributed by atoms with Gasteiger partial charge < -0.3 is 20.0 Å². The van der Waals surface area contributed by atoms with Crippen LogP contribution in [0.2, 0.25) is 0 Å². The number of nitrogens with one attached hydrogen (secondary N) is 1. The highest BCUT2D eigenvalue weighted by atomic mass is 31.2. The maximum absolute atomic E-state index is 13.4. The first-order valence-electron chi connectivity index (χ1n) is 9.67. The molecule has 28 heavy (non-hydrogen) atoms. The lowest BCUT2D eigenvalue weighted by atomic mass is 9.86. The number of likely N-dealkylation sites (tertiary alicyclic amines) is 1. The molecule has 0 aromatic heterocycles. The molecule has 6 nitrogen and oxygen atoms in total. The minimum atomic E-state index is -4.76. The molecule has 1 unspecified atom stereocenters. The van der Waals surface area contributed by atoms with E-state index in [1.807, 2.05) is 36.4 Å². The Morgan fingerprint density at radius 1 is 1.04 bits per heavy atom. The lowest BCUT2D eigenvalue weighted by Crippen LogP contribution is -2.52. The summed E-state index contributed by atoms with van der Waals surface area (Å²) < 4.78 is 13.1. The van der Waals surface area contributed by atoms with E-state index in [0.29, 0.717) is 24.9 Å². The number of nitrogens with zero attached hydrogens (tertiary/aromatic N) is 1. The summed E-state index contributed by atoms with van der Waals surface area (Å²) in [7, 11) is -4.76. The van der Waals surface area contributed by atoms with Crippen LogP contribution in [0.4, 0.5) is 0 Å². The van der Waals surface area contributed by atoms with Crippen molar-refractivity contribution < 1.29 is 19.1 Å². The van der Waals surface area contributed by atoms with Crippen molar-refractivity contribution in [1.82, 2.24) is 10.2 Å². The quantitative estimate of drug-likeness (QED) is 0.687. The second kappa shape index (κ2) is 7.45. The van der Waals surface area contributed by atoms with Gasteiger partial charge in [-0.1, -0.05) is 60.7 Å². The first kappa shape index (κ1) is 19.3. The molecule has 0 radical (unpaired) electrons. The molecule has 1 amide bonds. The molecule has 4 rings (SSSR count). The topological polar surface area (TPSA) is 89.9 Å². The molecule has 2 saturated heterocycles. The van der Waals surface area contributed by atoms with Gasteiger partial charge in [-0.2, -0.15) is 0 Å². The molecule has 3 N–H and O–H groups in total. The molecule has 2 aliphatic rings. The van der Waals surface area contributed by atoms with Crippen molar-refractivity contribution in [1.29, 1.82) is 0 Å². The Morgan fingerprint density at radius 3 is 2.25 bits per heavy atom. The molecule has 3 atom stereocenters. The van der Waals surface area contributed by atoms with Gasteiger partial charge in [0.1, 0.15) is 0 Å². The van der Waals surface area contributed by atoms with Gasteiger partial charge in [-0.3, -0.25) is 9.36 Å². The van der Waals surface area contributed by atoms with E-state index in [2.05, 4.69) is 5.32 Å². The van der Waals surface area contributed by atoms with Gasteiger partial charge >= 0.3 is 7.60 Å². The average Bonchev–Trinajstić information content (AvgIpc) is 3.37. The Morgan fingerprint density at radius 2 is 1.68 bits per heavy atom. The lowest BCUT2D eigenvalue weighted by molar-refractivity contribution is -0.136. The van der Waals surface area contributed by atoms with E-state index >= 15 is 0 Å². The molecular weight excluding hydrogens is 375 g/mol. The van der Waals surface area contributed by atoms with E-state index in [-0.39, 0.29) is 11.9 Å². The van der Waals surface area contributed by atoms with Crippen molar-refractivity contribution in [3.8, 4) is 0 Å². The van der Waals surface area contributed by atoms with Crippen molar-refractivity contribution in [2.45, 2.75) is 36.5 Å². The molecule has 0 bridgehead atoms. The van der Waals surface area contributed by atoms with E-state index in [9.17, 15) is 19.1 Å². The number of benzene rings is 2. The van der Waals surface area contributed by atoms with Crippen molar-refractivity contribution >= 4 is 13.5 Å². The molecule has 2 aromatic carbocycles. The normalized spacial score (nSPS) is 27.9. The number of carbonyl (C=O) groups is 1. The van der Waals surface area contributed by atoms with E-state index in [0.717, 1.165) is 18.5 Å². The van der Waals surface area contributed by atoms with Gasteiger partial charge in [0.05, 0.1) is 6.04 Å². The van der Waals surface area contributed by atoms with Crippen molar-refractivity contribution in [3.05, 3.63) is 71.8 Å². The van der Waals surface area contributed by atoms with Gasteiger partial charge in [-0.05, 0) is 36.9 Å². The molecule has 148 valence electrons. The predicted molar refractivity (Wildman–Crippen MR) is 107 cm³/mol. The maximum Gasteiger partial charge on any atom is 0.356 e. The summed E-state index contributed by atoms with van der Waals surface area (Å²) in [6.07, 6.45) is 2.08. The summed E-state index contributed by atoms with van der Waals surface area (Å²) in [5.41, 5.74) is 1.32. The lowest BCUT2D eigenvalue weighted by Gasteiger charge is -2.43. The van der Waals surface area contributed by atoms with Crippen LogP contribution in [0.3, 0.4) is 0 Å². The van der Waals surface area contributed by atoms with Gasteiger partial charge in [0.25, 0.3) is 0 Å². The molecular formula is C21H25N2O4P. The molecule has 0 spiro atoms. The van der Waals surface area contributed by atoms with E-state index in [1.54, 1.807) is 24.3 Å². The van der Waals surface area contributed by atoms with Gasteiger partial charge in [-0.25, -0.2) is 0 Å². The van der Waals surface area contributed by atoms with Crippen LogP contribution in [0, 0.1) is 0 Å². The monoisotopic (exact) mass is 400 g/mol. The first-order valence-corrected chi connectivity index (χ1v) is 11.3. The largest absolute Gasteiger partial charge is 0.356 e. The molecule has 2 aromatic rings. The average molecular weight is 400 g/mol. The summed E-state index contributed by atoms with van der Waals surface area (Å²) in [6, 6.07) is 17.8. The van der Waals surface area contributed by atoms with Crippen LogP contribution in [0.1, 0.15) is 36.3 Å². The van der Waals surface area contributed by atoms with Crippen molar-refractivity contribution in [2.75, 3.05) is 13.1 Å². The smallest absolute Gasteiger partial charge is 0.323 e. The SMILES string of the molecule is O=C([C@@H]1CCCN1)N1CCC(c2ccccc2)[C@@]1(c1ccccc1)P(=O)(O)O. The highest BCUT2D eigenvalue weighted by molar-refractivity contribution is 7.53. The van der Waals surface area contributed by atoms with Gasteiger partial charge in [0, 0.05) is 12.5 Å². The third-order valence-electron chi connectivity index (χ3n) is 6.01. The zero-order valence-corrected chi connectivity index (χ0v) is 16.5. The summed E-state index contributed by atoms with van der Waals surface area (Å²) in [5.74, 6) is -0.703. The summed E-state index contributed by atoms with van der Waals surface area (Å²) in [5, 5.41) is 1.49. The third kappa shape index (κ3) is 3.01. The highest BCUT2D eigenvalue weighted by Crippen LogP contribution is 2.68. The van der Waals surface area contributed by atoms with E-state index in [4.69, 9.17) is 0 Å². The van der Waals surface area contributed by atoms with Gasteiger partial charge in [0.15, 0.2) is 5.28 Å². The number of hydrogen-bond acceptors (Lipinski definition) is 3. The van der Waals surface area contributed by atoms with Crippen LogP contribution < -0.4 is 5.32 Å². The van der Waals surface area contributed by atoms with Crippen LogP contribution in [-0.4, -0.2) is 39.7 Å². The van der Waals surface area contributed by atoms with E-state index in [1.165, 1.54) is 4.90 Å². The number of amides is 1. The zero-order valence-electron chi connectivity index (χ0n) is 15.6. The number of rotatable bonds is 4. The van der Waals surface area contributed by atoms with Crippen molar-refractivity contribution in [2.24, 2.45) is 0 Å². The maximum atomic E-state index is 13.4. The Labute approximate surface area is 164 Å². The summed E-state index contributed by atoms with van der Waals surface area (Å²) in [6.45, 7) is 1.07. The Bertz CT molecular complexity index is 880. The fourth-order valence-electron chi connectivity index (χ4n) is 4.83. The summed E-state index contributed by atoms with van der Waals surface area (Å²) in [4.78, 5) is 36.3. The van der Waals surface area contributed by atoms with Crippen LogP contribution in [-0.2, 0) is 14.6 Å². The molecule has 7 heteroatoms. The Kier molecular flexibility index (Phi) is 5.15. The summed E-state index contributed by atoms with van der Waals surface area (Å²) >= 11 is 0. The van der Waals surface area contributed by atoms with E-state index < -0.39 is 18.8 Å². The van der Waals surface area contributed by atoms with Crippen LogP contribution in [0.15, 0.2) is 60.7 Å². The predicted octanol–water partition coefficient (Wildman–Crippen LogP) is 2.79. The Balaban J connectivity index is 1.91. The standard InChI is InChI=1S/C21H25N2O4P/c24-20(19-12-7-14-22-19)23-15-13-18(16-8-3-1-4-9-16)21(23,28(25,26)27)17-10-5-2-6-11-17/h1-6,8-11,18-19,22H,7,12-15H2,(H2,25,26,27)/t18?,19-,21+/m0/s1. The zero-order chi connectivity index (χ0) is 19.8. The van der Waals surface area contributed by atoms with Crippen LogP contribution in [0.25, 0.3) is 0 Å².